The summed E-state index contributed by atoms with van der Waals surface area (Å²) >= 11 is 11.5. The Labute approximate surface area is 109 Å². The van der Waals surface area contributed by atoms with E-state index in [0.29, 0.717) is 15.7 Å². The molecule has 7 heteroatoms. The molecule has 0 fully saturated rings. The summed E-state index contributed by atoms with van der Waals surface area (Å²) in [5.41, 5.74) is 8.51. The number of hydrogen-bond acceptors (Lipinski definition) is 4. The van der Waals surface area contributed by atoms with Crippen molar-refractivity contribution < 1.29 is 9.53 Å². The Morgan fingerprint density at radius 1 is 1.47 bits per heavy atom. The minimum atomic E-state index is -0.680. The van der Waals surface area contributed by atoms with E-state index in [1.807, 2.05) is 0 Å². The second kappa shape index (κ2) is 6.32. The van der Waals surface area contributed by atoms with E-state index in [9.17, 15) is 4.79 Å². The van der Waals surface area contributed by atoms with Gasteiger partial charge in [-0.1, -0.05) is 23.2 Å². The molecular formula is C10H11Cl2N3O2. The van der Waals surface area contributed by atoms with Gasteiger partial charge in [-0.05, 0) is 25.1 Å². The van der Waals surface area contributed by atoms with Crippen molar-refractivity contribution in [2.24, 2.45) is 10.8 Å². The smallest absolute Gasteiger partial charge is 0.375 e. The number of halogens is 2. The van der Waals surface area contributed by atoms with E-state index in [4.69, 9.17) is 28.9 Å². The van der Waals surface area contributed by atoms with Crippen LogP contribution in [0.5, 0.6) is 0 Å². The Morgan fingerprint density at radius 3 is 2.76 bits per heavy atom. The summed E-state index contributed by atoms with van der Waals surface area (Å²) in [6.45, 7) is 1.92. The van der Waals surface area contributed by atoms with Gasteiger partial charge in [0.15, 0.2) is 0 Å². The van der Waals surface area contributed by atoms with Gasteiger partial charge < -0.3 is 10.5 Å². The van der Waals surface area contributed by atoms with Gasteiger partial charge in [-0.2, -0.15) is 0 Å². The molecule has 5 nitrogen and oxygen atoms in total. The van der Waals surface area contributed by atoms with Crippen molar-refractivity contribution in [3.8, 4) is 0 Å². The van der Waals surface area contributed by atoms with Gasteiger partial charge in [0.2, 0.25) is 5.84 Å². The Bertz CT molecular complexity index is 449. The molecular weight excluding hydrogens is 265 g/mol. The third-order valence-electron chi connectivity index (χ3n) is 1.71. The fourth-order valence-electron chi connectivity index (χ4n) is 0.941. The number of carbonyl (C=O) groups is 1. The first-order valence-electron chi connectivity index (χ1n) is 4.76. The van der Waals surface area contributed by atoms with Crippen molar-refractivity contribution >= 4 is 40.7 Å². The van der Waals surface area contributed by atoms with Gasteiger partial charge in [-0.3, -0.25) is 5.43 Å². The average Bonchev–Trinajstić information content (AvgIpc) is 2.30. The van der Waals surface area contributed by atoms with E-state index in [1.165, 1.54) is 0 Å². The van der Waals surface area contributed by atoms with Crippen LogP contribution in [0.15, 0.2) is 23.3 Å². The number of amidine groups is 1. The largest absolute Gasteiger partial charge is 0.460 e. The lowest BCUT2D eigenvalue weighted by molar-refractivity contribution is -0.135. The van der Waals surface area contributed by atoms with Crippen LogP contribution in [0.2, 0.25) is 10.0 Å². The lowest BCUT2D eigenvalue weighted by Crippen LogP contribution is -2.27. The van der Waals surface area contributed by atoms with Crippen LogP contribution in [-0.4, -0.2) is 18.4 Å². The fraction of sp³-hybridized carbons (Fsp3) is 0.200. The molecule has 0 aliphatic carbocycles. The van der Waals surface area contributed by atoms with Crippen molar-refractivity contribution in [2.75, 3.05) is 12.0 Å². The predicted molar refractivity (Wildman–Crippen MR) is 68.3 cm³/mol. The van der Waals surface area contributed by atoms with E-state index >= 15 is 0 Å². The molecule has 17 heavy (non-hydrogen) atoms. The van der Waals surface area contributed by atoms with Gasteiger partial charge in [0.05, 0.1) is 22.3 Å². The molecule has 0 unspecified atom stereocenters. The van der Waals surface area contributed by atoms with Crippen molar-refractivity contribution in [2.45, 2.75) is 6.92 Å². The van der Waals surface area contributed by atoms with Crippen LogP contribution in [0, 0.1) is 0 Å². The van der Waals surface area contributed by atoms with Crippen LogP contribution in [0.25, 0.3) is 0 Å². The fourth-order valence-corrected chi connectivity index (χ4v) is 1.24. The molecule has 0 aliphatic rings. The standard InChI is InChI=1S/C10H11Cl2N3O2/c1-2-17-10(16)9(13)15-14-6-3-4-7(11)8(12)5-6/h3-5,14H,2H2,1H3,(H2,13,15). The number of nitrogens with one attached hydrogen (secondary N) is 1. The average molecular weight is 276 g/mol. The molecule has 0 amide bonds. The third-order valence-corrected chi connectivity index (χ3v) is 2.45. The summed E-state index contributed by atoms with van der Waals surface area (Å²) in [7, 11) is 0. The van der Waals surface area contributed by atoms with Gasteiger partial charge in [0, 0.05) is 0 Å². The van der Waals surface area contributed by atoms with Crippen LogP contribution in [0.3, 0.4) is 0 Å². The summed E-state index contributed by atoms with van der Waals surface area (Å²) in [4.78, 5) is 11.1. The number of ether oxygens (including phenoxy) is 1. The highest BCUT2D eigenvalue weighted by Gasteiger charge is 2.07. The molecule has 1 aromatic carbocycles. The molecule has 3 N–H and O–H groups in total. The maximum atomic E-state index is 11.1. The molecule has 0 aromatic heterocycles. The SMILES string of the molecule is CCOC(=O)C(N)=NNc1ccc(Cl)c(Cl)c1. The van der Waals surface area contributed by atoms with Gasteiger partial charge >= 0.3 is 5.97 Å². The zero-order chi connectivity index (χ0) is 12.8. The van der Waals surface area contributed by atoms with E-state index in [-0.39, 0.29) is 12.4 Å². The molecule has 0 spiro atoms. The number of hydrazone groups is 1. The molecule has 0 heterocycles. The lowest BCUT2D eigenvalue weighted by atomic mass is 10.3. The number of anilines is 1. The van der Waals surface area contributed by atoms with E-state index < -0.39 is 5.97 Å². The quantitative estimate of drug-likeness (QED) is 0.384. The highest BCUT2D eigenvalue weighted by Crippen LogP contribution is 2.24. The molecule has 0 atom stereocenters. The van der Waals surface area contributed by atoms with Crippen LogP contribution in [-0.2, 0) is 9.53 Å². The normalized spacial score (nSPS) is 11.1. The van der Waals surface area contributed by atoms with Crippen LogP contribution >= 0.6 is 23.2 Å². The Hall–Kier alpha value is -1.46. The molecule has 92 valence electrons. The maximum Gasteiger partial charge on any atom is 0.375 e. The van der Waals surface area contributed by atoms with E-state index in [2.05, 4.69) is 15.3 Å². The second-order valence-electron chi connectivity index (χ2n) is 2.96. The molecule has 1 aromatic rings. The van der Waals surface area contributed by atoms with Crippen molar-refractivity contribution in [3.05, 3.63) is 28.2 Å². The number of nitrogens with two attached hydrogens (primary N) is 1. The maximum absolute atomic E-state index is 11.1. The Kier molecular flexibility index (Phi) is 5.06. The van der Waals surface area contributed by atoms with Crippen LogP contribution < -0.4 is 11.2 Å². The molecule has 0 aliphatic heterocycles. The monoisotopic (exact) mass is 275 g/mol. The van der Waals surface area contributed by atoms with E-state index in [0.717, 1.165) is 0 Å². The molecule has 0 radical (unpaired) electrons. The van der Waals surface area contributed by atoms with Crippen LogP contribution in [0.4, 0.5) is 5.69 Å². The molecule has 0 saturated heterocycles. The number of nitrogens with zero attached hydrogens (tertiary/aromatic N) is 1. The predicted octanol–water partition coefficient (Wildman–Crippen LogP) is 2.24. The summed E-state index contributed by atoms with van der Waals surface area (Å²) < 4.78 is 4.65. The van der Waals surface area contributed by atoms with Gasteiger partial charge in [-0.15, -0.1) is 5.10 Å². The highest BCUT2D eigenvalue weighted by molar-refractivity contribution is 6.42. The number of esters is 1. The zero-order valence-electron chi connectivity index (χ0n) is 9.04. The molecule has 0 bridgehead atoms. The van der Waals surface area contributed by atoms with Gasteiger partial charge in [0.1, 0.15) is 0 Å². The first kappa shape index (κ1) is 13.6. The third kappa shape index (κ3) is 4.13. The van der Waals surface area contributed by atoms with Crippen LogP contribution in [0.1, 0.15) is 6.92 Å². The topological polar surface area (TPSA) is 76.7 Å². The zero-order valence-corrected chi connectivity index (χ0v) is 10.5. The number of hydrogen-bond donors (Lipinski definition) is 2. The summed E-state index contributed by atoms with van der Waals surface area (Å²) in [5.74, 6) is -0.946. The summed E-state index contributed by atoms with van der Waals surface area (Å²) in [6.07, 6.45) is 0. The van der Waals surface area contributed by atoms with E-state index in [1.54, 1.807) is 25.1 Å². The highest BCUT2D eigenvalue weighted by atomic mass is 35.5. The second-order valence-corrected chi connectivity index (χ2v) is 3.77. The first-order chi connectivity index (χ1) is 8.04. The van der Waals surface area contributed by atoms with Gasteiger partial charge in [-0.25, -0.2) is 4.79 Å². The summed E-state index contributed by atoms with van der Waals surface area (Å²) in [6, 6.07) is 4.81. The minimum Gasteiger partial charge on any atom is -0.460 e. The molecule has 0 saturated carbocycles. The first-order valence-corrected chi connectivity index (χ1v) is 5.51. The van der Waals surface area contributed by atoms with Gasteiger partial charge in [0.25, 0.3) is 0 Å². The van der Waals surface area contributed by atoms with Crippen molar-refractivity contribution in [1.82, 2.24) is 0 Å². The molecule has 1 rings (SSSR count). The minimum absolute atomic E-state index is 0.238. The summed E-state index contributed by atoms with van der Waals surface area (Å²) in [5, 5.41) is 4.46. The lowest BCUT2D eigenvalue weighted by Gasteiger charge is -2.04. The number of carbonyl (C=O) groups excluding carboxylic acids is 1. The van der Waals surface area contributed by atoms with Crippen molar-refractivity contribution in [1.29, 1.82) is 0 Å². The number of rotatable bonds is 3. The Morgan fingerprint density at radius 2 is 2.18 bits per heavy atom. The van der Waals surface area contributed by atoms with Crippen molar-refractivity contribution in [3.63, 3.8) is 0 Å². The Balaban J connectivity index is 2.69. The number of benzene rings is 1.